The lowest BCUT2D eigenvalue weighted by Gasteiger charge is -2.47. The van der Waals surface area contributed by atoms with Gasteiger partial charge in [-0.15, -0.1) is 0 Å². The molecule has 1 amide bonds. The molecule has 4 nitrogen and oxygen atoms in total. The van der Waals surface area contributed by atoms with Gasteiger partial charge >= 0.3 is 0 Å². The highest BCUT2D eigenvalue weighted by molar-refractivity contribution is 5.81. The molecule has 1 aromatic rings. The summed E-state index contributed by atoms with van der Waals surface area (Å²) in [5.41, 5.74) is 1.75. The maximum Gasteiger partial charge on any atom is 0.250 e. The minimum Gasteiger partial charge on any atom is -0.365 e. The number of amides is 1. The molecule has 5 aliphatic rings. The van der Waals surface area contributed by atoms with Gasteiger partial charge in [0.1, 0.15) is 6.10 Å². The van der Waals surface area contributed by atoms with Gasteiger partial charge in [-0.3, -0.25) is 9.69 Å². The monoisotopic (exact) mass is 340 g/mol. The van der Waals surface area contributed by atoms with E-state index in [1.165, 1.54) is 24.9 Å². The van der Waals surface area contributed by atoms with Crippen LogP contribution in [0.1, 0.15) is 50.0 Å². The third-order valence-corrected chi connectivity index (χ3v) is 7.06. The van der Waals surface area contributed by atoms with Crippen LogP contribution in [0.5, 0.6) is 0 Å². The second-order valence-corrected chi connectivity index (χ2v) is 8.67. The Kier molecular flexibility index (Phi) is 3.86. The molecule has 3 aliphatic heterocycles. The molecule has 1 atom stereocenters. The summed E-state index contributed by atoms with van der Waals surface area (Å²) in [6.07, 6.45) is 6.78. The van der Waals surface area contributed by atoms with Crippen molar-refractivity contribution in [2.24, 2.45) is 5.92 Å². The van der Waals surface area contributed by atoms with Gasteiger partial charge in [0.2, 0.25) is 0 Å². The molecule has 0 radical (unpaired) electrons. The molecule has 0 aromatic heterocycles. The molecule has 2 bridgehead atoms. The largest absolute Gasteiger partial charge is 0.365 e. The first-order valence-electron chi connectivity index (χ1n) is 9.94. The fourth-order valence-electron chi connectivity index (χ4n) is 5.64. The summed E-state index contributed by atoms with van der Waals surface area (Å²) in [4.78, 5) is 15.2. The van der Waals surface area contributed by atoms with Crippen molar-refractivity contribution in [2.75, 3.05) is 19.7 Å². The van der Waals surface area contributed by atoms with Crippen LogP contribution in [0.3, 0.4) is 0 Å². The number of carbonyl (C=O) groups excluding carboxylic acids is 1. The summed E-state index contributed by atoms with van der Waals surface area (Å²) in [6.45, 7) is 2.72. The number of benzene rings is 1. The van der Waals surface area contributed by atoms with Crippen molar-refractivity contribution in [3.8, 4) is 0 Å². The maximum atomic E-state index is 12.7. The Morgan fingerprint density at radius 2 is 1.84 bits per heavy atom. The molecule has 1 aromatic carbocycles. The van der Waals surface area contributed by atoms with Crippen molar-refractivity contribution in [2.45, 2.75) is 62.1 Å². The van der Waals surface area contributed by atoms with E-state index in [1.807, 2.05) is 0 Å². The van der Waals surface area contributed by atoms with Crippen LogP contribution in [0, 0.1) is 5.92 Å². The van der Waals surface area contributed by atoms with Crippen LogP contribution in [-0.2, 0) is 9.53 Å². The van der Waals surface area contributed by atoms with Gasteiger partial charge in [-0.1, -0.05) is 30.3 Å². The molecular weight excluding hydrogens is 312 g/mol. The number of nitrogens with zero attached hydrogens (tertiary/aromatic N) is 1. The smallest absolute Gasteiger partial charge is 0.250 e. The van der Waals surface area contributed by atoms with Crippen LogP contribution in [0.25, 0.3) is 0 Å². The van der Waals surface area contributed by atoms with E-state index in [-0.39, 0.29) is 12.0 Å². The predicted molar refractivity (Wildman–Crippen MR) is 96.3 cm³/mol. The van der Waals surface area contributed by atoms with Crippen LogP contribution < -0.4 is 5.32 Å². The maximum absolute atomic E-state index is 12.7. The summed E-state index contributed by atoms with van der Waals surface area (Å²) in [6, 6.07) is 11.1. The Morgan fingerprint density at radius 3 is 2.60 bits per heavy atom. The number of nitrogens with one attached hydrogen (secondary N) is 1. The molecule has 3 saturated heterocycles. The van der Waals surface area contributed by atoms with Gasteiger partial charge in [0.15, 0.2) is 0 Å². The SMILES string of the molecule is O=C(NC1CCC(c2ccccc2)CC1)C1CN2CC3CC2(CO1)C3. The first kappa shape index (κ1) is 15.8. The van der Waals surface area contributed by atoms with E-state index in [0.717, 1.165) is 44.8 Å². The van der Waals surface area contributed by atoms with Gasteiger partial charge in [0, 0.05) is 24.7 Å². The van der Waals surface area contributed by atoms with Gasteiger partial charge in [-0.2, -0.15) is 0 Å². The first-order chi connectivity index (χ1) is 12.2. The van der Waals surface area contributed by atoms with Gasteiger partial charge in [0.25, 0.3) is 5.91 Å². The van der Waals surface area contributed by atoms with Crippen LogP contribution in [0.15, 0.2) is 30.3 Å². The quantitative estimate of drug-likeness (QED) is 0.920. The number of morpholine rings is 1. The van der Waals surface area contributed by atoms with E-state index < -0.39 is 0 Å². The summed E-state index contributed by atoms with van der Waals surface area (Å²) < 4.78 is 5.97. The molecule has 3 heterocycles. The standard InChI is InChI=1S/C21H28N2O2/c24-20(19-13-23-12-15-10-21(23,11-15)14-25-19)22-18-8-6-17(7-9-18)16-4-2-1-3-5-16/h1-5,15,17-19H,6-14H2,(H,22,24). The van der Waals surface area contributed by atoms with E-state index >= 15 is 0 Å². The van der Waals surface area contributed by atoms with Crippen molar-refractivity contribution < 1.29 is 9.53 Å². The summed E-state index contributed by atoms with van der Waals surface area (Å²) in [7, 11) is 0. The second kappa shape index (κ2) is 6.10. The third kappa shape index (κ3) is 2.80. The lowest BCUT2D eigenvalue weighted by molar-refractivity contribution is -0.150. The topological polar surface area (TPSA) is 41.6 Å². The summed E-state index contributed by atoms with van der Waals surface area (Å²) in [5, 5.41) is 3.28. The molecule has 25 heavy (non-hydrogen) atoms. The molecule has 5 fully saturated rings. The third-order valence-electron chi connectivity index (χ3n) is 7.06. The Hall–Kier alpha value is -1.39. The fraction of sp³-hybridized carbons (Fsp3) is 0.667. The van der Waals surface area contributed by atoms with E-state index in [0.29, 0.717) is 17.5 Å². The molecule has 134 valence electrons. The number of carbonyl (C=O) groups is 1. The summed E-state index contributed by atoms with van der Waals surface area (Å²) in [5.74, 6) is 1.62. The Labute approximate surface area is 149 Å². The number of rotatable bonds is 3. The van der Waals surface area contributed by atoms with Gasteiger partial charge in [-0.25, -0.2) is 0 Å². The van der Waals surface area contributed by atoms with Crippen molar-refractivity contribution in [1.29, 1.82) is 0 Å². The average molecular weight is 340 g/mol. The minimum absolute atomic E-state index is 0.113. The Bertz CT molecular complexity index is 633. The molecule has 4 heteroatoms. The molecule has 2 aliphatic carbocycles. The lowest BCUT2D eigenvalue weighted by Crippen LogP contribution is -2.60. The van der Waals surface area contributed by atoms with Crippen LogP contribution in [0.2, 0.25) is 0 Å². The zero-order valence-corrected chi connectivity index (χ0v) is 14.8. The molecule has 2 saturated carbocycles. The second-order valence-electron chi connectivity index (χ2n) is 8.67. The van der Waals surface area contributed by atoms with Crippen molar-refractivity contribution in [3.63, 3.8) is 0 Å². The molecule has 6 rings (SSSR count). The predicted octanol–water partition coefficient (Wildman–Crippen LogP) is 2.69. The lowest BCUT2D eigenvalue weighted by atomic mass is 9.73. The van der Waals surface area contributed by atoms with E-state index in [9.17, 15) is 4.79 Å². The van der Waals surface area contributed by atoms with Crippen molar-refractivity contribution >= 4 is 5.91 Å². The van der Waals surface area contributed by atoms with Crippen LogP contribution >= 0.6 is 0 Å². The average Bonchev–Trinajstić information content (AvgIpc) is 3.18. The fourth-order valence-corrected chi connectivity index (χ4v) is 5.64. The number of hydrogen-bond donors (Lipinski definition) is 1. The highest BCUT2D eigenvalue weighted by Crippen LogP contribution is 2.52. The van der Waals surface area contributed by atoms with E-state index in [2.05, 4.69) is 40.5 Å². The highest BCUT2D eigenvalue weighted by Gasteiger charge is 2.58. The summed E-state index contributed by atoms with van der Waals surface area (Å²) >= 11 is 0. The minimum atomic E-state index is -0.267. The van der Waals surface area contributed by atoms with Crippen molar-refractivity contribution in [1.82, 2.24) is 10.2 Å². The van der Waals surface area contributed by atoms with Gasteiger partial charge in [-0.05, 0) is 55.9 Å². The van der Waals surface area contributed by atoms with Gasteiger partial charge in [0.05, 0.1) is 6.61 Å². The molecule has 1 N–H and O–H groups in total. The van der Waals surface area contributed by atoms with Gasteiger partial charge < -0.3 is 10.1 Å². The number of hydrogen-bond acceptors (Lipinski definition) is 3. The zero-order valence-electron chi connectivity index (χ0n) is 14.8. The molecule has 1 unspecified atom stereocenters. The van der Waals surface area contributed by atoms with Crippen molar-refractivity contribution in [3.05, 3.63) is 35.9 Å². The van der Waals surface area contributed by atoms with Crippen LogP contribution in [-0.4, -0.2) is 48.2 Å². The van der Waals surface area contributed by atoms with E-state index in [4.69, 9.17) is 4.74 Å². The van der Waals surface area contributed by atoms with Crippen LogP contribution in [0.4, 0.5) is 0 Å². The molecular formula is C21H28N2O2. The highest BCUT2D eigenvalue weighted by atomic mass is 16.5. The Morgan fingerprint density at radius 1 is 1.08 bits per heavy atom. The zero-order chi connectivity index (χ0) is 16.9. The molecule has 1 spiro atoms. The Balaban J connectivity index is 1.12. The normalized spacial score (nSPS) is 40.2. The van der Waals surface area contributed by atoms with E-state index in [1.54, 1.807) is 0 Å². The number of ether oxygens (including phenoxy) is 1. The first-order valence-corrected chi connectivity index (χ1v) is 9.94.